The summed E-state index contributed by atoms with van der Waals surface area (Å²) >= 11 is 1.55. The highest BCUT2D eigenvalue weighted by molar-refractivity contribution is 7.99. The Morgan fingerprint density at radius 2 is 1.60 bits per heavy atom. The second-order valence-electron chi connectivity index (χ2n) is 5.17. The summed E-state index contributed by atoms with van der Waals surface area (Å²) in [5.41, 5.74) is 0.0629. The number of benzene rings is 2. The van der Waals surface area contributed by atoms with Crippen LogP contribution in [0.5, 0.6) is 0 Å². The molecule has 0 atom stereocenters. The molecule has 0 aliphatic rings. The van der Waals surface area contributed by atoms with E-state index in [4.69, 9.17) is 0 Å². The quantitative estimate of drug-likeness (QED) is 0.350. The monoisotopic (exact) mass is 361 g/mol. The fourth-order valence-electron chi connectivity index (χ4n) is 2.01. The minimum atomic E-state index is -0.767. The minimum Gasteiger partial charge on any atom is -0.351 e. The van der Waals surface area contributed by atoms with Gasteiger partial charge in [-0.05, 0) is 19.1 Å². The van der Waals surface area contributed by atoms with Crippen molar-refractivity contribution in [1.29, 1.82) is 0 Å². The van der Waals surface area contributed by atoms with Gasteiger partial charge in [-0.15, -0.1) is 11.8 Å². The normalized spacial score (nSPS) is 10.3. The summed E-state index contributed by atoms with van der Waals surface area (Å²) in [7, 11) is 0. The Balaban J connectivity index is 1.96. The van der Waals surface area contributed by atoms with E-state index in [2.05, 4.69) is 5.32 Å². The number of thioether (sulfide) groups is 1. The van der Waals surface area contributed by atoms with Gasteiger partial charge < -0.3 is 5.32 Å². The highest BCUT2D eigenvalue weighted by Gasteiger charge is 2.19. The zero-order valence-electron chi connectivity index (χ0n) is 13.3. The van der Waals surface area contributed by atoms with Gasteiger partial charge in [0, 0.05) is 29.3 Å². The maximum absolute atomic E-state index is 12.1. The van der Waals surface area contributed by atoms with E-state index in [1.165, 1.54) is 0 Å². The number of amides is 1. The summed E-state index contributed by atoms with van der Waals surface area (Å²) in [5, 5.41) is 24.3. The highest BCUT2D eigenvalue weighted by Crippen LogP contribution is 2.23. The molecule has 130 valence electrons. The standard InChI is InChI=1S/C16H15N3O5S/c1-11-2-4-15(5-3-11)25-7-6-17-16(20)12-8-13(18(21)22)10-14(9-12)19(23)24/h2-5,8-10H,6-7H2,1H3,(H,17,20). The van der Waals surface area contributed by atoms with Gasteiger partial charge >= 0.3 is 0 Å². The van der Waals surface area contributed by atoms with E-state index in [0.29, 0.717) is 12.3 Å². The fourth-order valence-corrected chi connectivity index (χ4v) is 2.78. The van der Waals surface area contributed by atoms with Gasteiger partial charge in [-0.3, -0.25) is 25.0 Å². The Kier molecular flexibility index (Phi) is 6.07. The maximum Gasteiger partial charge on any atom is 0.277 e. The van der Waals surface area contributed by atoms with Gasteiger partial charge in [0.15, 0.2) is 0 Å². The van der Waals surface area contributed by atoms with Crippen molar-refractivity contribution in [2.75, 3.05) is 12.3 Å². The number of carbonyl (C=O) groups is 1. The van der Waals surface area contributed by atoms with E-state index in [0.717, 1.165) is 28.7 Å². The fraction of sp³-hybridized carbons (Fsp3) is 0.188. The lowest BCUT2D eigenvalue weighted by Gasteiger charge is -2.06. The smallest absolute Gasteiger partial charge is 0.277 e. The van der Waals surface area contributed by atoms with E-state index in [1.807, 2.05) is 31.2 Å². The molecule has 2 aromatic carbocycles. The van der Waals surface area contributed by atoms with Crippen LogP contribution >= 0.6 is 11.8 Å². The summed E-state index contributed by atoms with van der Waals surface area (Å²) in [6, 6.07) is 10.8. The Hall–Kier alpha value is -2.94. The average Bonchev–Trinajstić information content (AvgIpc) is 2.59. The maximum atomic E-state index is 12.1. The molecular formula is C16H15N3O5S. The number of carbonyl (C=O) groups excluding carboxylic acids is 1. The van der Waals surface area contributed by atoms with Crippen molar-refractivity contribution in [3.05, 3.63) is 73.8 Å². The molecule has 0 heterocycles. The second kappa shape index (κ2) is 8.25. The SMILES string of the molecule is Cc1ccc(SCCNC(=O)c2cc([N+](=O)[O-])cc([N+](=O)[O-])c2)cc1. The molecule has 1 N–H and O–H groups in total. The molecule has 0 saturated carbocycles. The van der Waals surface area contributed by atoms with Crippen molar-refractivity contribution in [3.8, 4) is 0 Å². The zero-order chi connectivity index (χ0) is 18.4. The number of hydrogen-bond donors (Lipinski definition) is 1. The highest BCUT2D eigenvalue weighted by atomic mass is 32.2. The van der Waals surface area contributed by atoms with Crippen molar-refractivity contribution in [1.82, 2.24) is 5.32 Å². The molecule has 1 amide bonds. The molecule has 0 aromatic heterocycles. The number of nitro groups is 2. The first-order chi connectivity index (χ1) is 11.9. The van der Waals surface area contributed by atoms with Crippen molar-refractivity contribution < 1.29 is 14.6 Å². The van der Waals surface area contributed by atoms with Crippen LogP contribution in [0, 0.1) is 27.2 Å². The van der Waals surface area contributed by atoms with Crippen molar-refractivity contribution in [3.63, 3.8) is 0 Å². The Bertz CT molecular complexity index is 776. The van der Waals surface area contributed by atoms with E-state index in [9.17, 15) is 25.0 Å². The lowest BCUT2D eigenvalue weighted by Crippen LogP contribution is -2.25. The molecule has 0 aliphatic heterocycles. The summed E-state index contributed by atoms with van der Waals surface area (Å²) in [5.74, 6) is 0.0162. The van der Waals surface area contributed by atoms with Gasteiger partial charge in [0.05, 0.1) is 21.5 Å². The number of hydrogen-bond acceptors (Lipinski definition) is 6. The number of non-ortho nitro benzene ring substituents is 2. The first kappa shape index (κ1) is 18.4. The Morgan fingerprint density at radius 1 is 1.04 bits per heavy atom. The van der Waals surface area contributed by atoms with Crippen LogP contribution in [-0.2, 0) is 0 Å². The first-order valence-electron chi connectivity index (χ1n) is 7.28. The van der Waals surface area contributed by atoms with E-state index >= 15 is 0 Å². The molecular weight excluding hydrogens is 346 g/mol. The first-order valence-corrected chi connectivity index (χ1v) is 8.27. The molecule has 0 radical (unpaired) electrons. The number of nitro benzene ring substituents is 2. The number of nitrogens with one attached hydrogen (secondary N) is 1. The van der Waals surface area contributed by atoms with E-state index in [1.54, 1.807) is 11.8 Å². The van der Waals surface area contributed by atoms with E-state index in [-0.39, 0.29) is 5.56 Å². The molecule has 9 heteroatoms. The van der Waals surface area contributed by atoms with Crippen LogP contribution < -0.4 is 5.32 Å². The van der Waals surface area contributed by atoms with Gasteiger partial charge in [-0.2, -0.15) is 0 Å². The molecule has 2 rings (SSSR count). The van der Waals surface area contributed by atoms with E-state index < -0.39 is 27.1 Å². The van der Waals surface area contributed by atoms with Gasteiger partial charge in [0.2, 0.25) is 0 Å². The predicted octanol–water partition coefficient (Wildman–Crippen LogP) is 3.33. The zero-order valence-corrected chi connectivity index (χ0v) is 14.1. The summed E-state index contributed by atoms with van der Waals surface area (Å²) in [6.45, 7) is 2.32. The summed E-state index contributed by atoms with van der Waals surface area (Å²) in [4.78, 5) is 33.3. The largest absolute Gasteiger partial charge is 0.351 e. The Labute approximate surface area is 147 Å². The lowest BCUT2D eigenvalue weighted by atomic mass is 10.1. The van der Waals surface area contributed by atoms with Crippen LogP contribution in [0.2, 0.25) is 0 Å². The van der Waals surface area contributed by atoms with Crippen LogP contribution in [0.4, 0.5) is 11.4 Å². The lowest BCUT2D eigenvalue weighted by molar-refractivity contribution is -0.394. The molecule has 2 aromatic rings. The molecule has 25 heavy (non-hydrogen) atoms. The molecule has 0 bridgehead atoms. The predicted molar refractivity (Wildman–Crippen MR) is 94.0 cm³/mol. The van der Waals surface area contributed by atoms with Crippen molar-refractivity contribution in [2.45, 2.75) is 11.8 Å². The Morgan fingerprint density at radius 3 is 2.12 bits per heavy atom. The van der Waals surface area contributed by atoms with Crippen LogP contribution in [0.25, 0.3) is 0 Å². The van der Waals surface area contributed by atoms with Gasteiger partial charge in [-0.25, -0.2) is 0 Å². The number of rotatable bonds is 7. The minimum absolute atomic E-state index is 0.110. The van der Waals surface area contributed by atoms with Gasteiger partial charge in [0.25, 0.3) is 17.3 Å². The van der Waals surface area contributed by atoms with Crippen molar-refractivity contribution in [2.24, 2.45) is 0 Å². The molecule has 0 saturated heterocycles. The molecule has 0 fully saturated rings. The summed E-state index contributed by atoms with van der Waals surface area (Å²) < 4.78 is 0. The average molecular weight is 361 g/mol. The van der Waals surface area contributed by atoms with Crippen LogP contribution in [0.15, 0.2) is 47.4 Å². The molecule has 8 nitrogen and oxygen atoms in total. The van der Waals surface area contributed by atoms with Gasteiger partial charge in [-0.1, -0.05) is 17.7 Å². The van der Waals surface area contributed by atoms with Crippen molar-refractivity contribution >= 4 is 29.0 Å². The number of aryl methyl sites for hydroxylation is 1. The third-order valence-corrected chi connectivity index (χ3v) is 4.28. The van der Waals surface area contributed by atoms with Gasteiger partial charge in [0.1, 0.15) is 0 Å². The second-order valence-corrected chi connectivity index (χ2v) is 6.34. The topological polar surface area (TPSA) is 115 Å². The van der Waals surface area contributed by atoms with Crippen LogP contribution in [0.3, 0.4) is 0 Å². The van der Waals surface area contributed by atoms with Crippen LogP contribution in [0.1, 0.15) is 15.9 Å². The number of nitrogens with zero attached hydrogens (tertiary/aromatic N) is 2. The molecule has 0 spiro atoms. The molecule has 0 aliphatic carbocycles. The third kappa shape index (κ3) is 5.28. The summed E-state index contributed by atoms with van der Waals surface area (Å²) in [6.07, 6.45) is 0. The van der Waals surface area contributed by atoms with Crippen LogP contribution in [-0.4, -0.2) is 28.1 Å². The molecule has 0 unspecified atom stereocenters. The third-order valence-electron chi connectivity index (χ3n) is 3.26.